The highest BCUT2D eigenvalue weighted by Crippen LogP contribution is 2.25. The first-order valence-corrected chi connectivity index (χ1v) is 7.58. The van der Waals surface area contributed by atoms with E-state index in [1.165, 1.54) is 18.4 Å². The fourth-order valence-electron chi connectivity index (χ4n) is 3.42. The van der Waals surface area contributed by atoms with Crippen LogP contribution in [0.15, 0.2) is 0 Å². The lowest BCUT2D eigenvalue weighted by molar-refractivity contribution is -0.131. The molecule has 0 aliphatic carbocycles. The Balaban J connectivity index is 1.66. The number of fused-ring (bicyclic) bond motifs is 1. The zero-order valence-electron chi connectivity index (χ0n) is 12.6. The Labute approximate surface area is 120 Å². The Bertz CT molecular complexity index is 508. The second-order valence-electron chi connectivity index (χ2n) is 6.22. The van der Waals surface area contributed by atoms with Crippen molar-refractivity contribution in [1.29, 1.82) is 0 Å². The number of rotatable bonds is 2. The molecule has 2 fully saturated rings. The van der Waals surface area contributed by atoms with E-state index in [4.69, 9.17) is 0 Å². The first-order chi connectivity index (χ1) is 9.56. The van der Waals surface area contributed by atoms with Crippen molar-refractivity contribution in [2.24, 2.45) is 5.92 Å². The highest BCUT2D eigenvalue weighted by Gasteiger charge is 2.36. The number of nitrogens with one attached hydrogen (secondary N) is 1. The standard InChI is InChI=1S/C15H24N4O/c1-10-11(2)17-19(12(10)3)9-15(20)18-7-13-5-4-6-16-14(13)8-18/h13-14,16H,4-9H2,1-3H3/t13-,14+/m1/s1. The summed E-state index contributed by atoms with van der Waals surface area (Å²) < 4.78 is 1.85. The average molecular weight is 276 g/mol. The SMILES string of the molecule is Cc1nn(CC(=O)N2C[C@H]3CCCN[C@H]3C2)c(C)c1C. The molecule has 1 aromatic rings. The van der Waals surface area contributed by atoms with Gasteiger partial charge in [0, 0.05) is 24.8 Å². The molecule has 3 heterocycles. The molecule has 0 aromatic carbocycles. The minimum absolute atomic E-state index is 0.201. The lowest BCUT2D eigenvalue weighted by atomic mass is 9.94. The van der Waals surface area contributed by atoms with Gasteiger partial charge in [0.2, 0.25) is 5.91 Å². The number of hydrogen-bond acceptors (Lipinski definition) is 3. The van der Waals surface area contributed by atoms with Crippen LogP contribution in [0.25, 0.3) is 0 Å². The average Bonchev–Trinajstić information content (AvgIpc) is 2.97. The van der Waals surface area contributed by atoms with E-state index in [-0.39, 0.29) is 5.91 Å². The molecule has 5 nitrogen and oxygen atoms in total. The molecule has 1 amide bonds. The number of likely N-dealkylation sites (tertiary alicyclic amines) is 1. The van der Waals surface area contributed by atoms with Crippen molar-refractivity contribution in [1.82, 2.24) is 20.0 Å². The van der Waals surface area contributed by atoms with E-state index in [0.717, 1.165) is 31.0 Å². The molecular formula is C15H24N4O. The van der Waals surface area contributed by atoms with Crippen LogP contribution >= 0.6 is 0 Å². The van der Waals surface area contributed by atoms with Crippen molar-refractivity contribution in [3.8, 4) is 0 Å². The van der Waals surface area contributed by atoms with Gasteiger partial charge in [-0.3, -0.25) is 9.48 Å². The van der Waals surface area contributed by atoms with Crippen molar-refractivity contribution in [3.63, 3.8) is 0 Å². The third kappa shape index (κ3) is 2.35. The van der Waals surface area contributed by atoms with E-state index in [9.17, 15) is 4.79 Å². The second-order valence-corrected chi connectivity index (χ2v) is 6.22. The van der Waals surface area contributed by atoms with Crippen molar-refractivity contribution < 1.29 is 4.79 Å². The summed E-state index contributed by atoms with van der Waals surface area (Å²) in [6.45, 7) is 9.34. The topological polar surface area (TPSA) is 50.2 Å². The van der Waals surface area contributed by atoms with Gasteiger partial charge in [-0.1, -0.05) is 0 Å². The highest BCUT2D eigenvalue weighted by atomic mass is 16.2. The highest BCUT2D eigenvalue weighted by molar-refractivity contribution is 5.76. The van der Waals surface area contributed by atoms with E-state index in [2.05, 4.69) is 17.3 Å². The number of amides is 1. The number of carbonyl (C=O) groups excluding carboxylic acids is 1. The Morgan fingerprint density at radius 3 is 2.80 bits per heavy atom. The fourth-order valence-corrected chi connectivity index (χ4v) is 3.42. The van der Waals surface area contributed by atoms with Gasteiger partial charge in [-0.15, -0.1) is 0 Å². The molecule has 0 spiro atoms. The molecule has 1 aromatic heterocycles. The normalized spacial score (nSPS) is 25.9. The number of piperidine rings is 1. The van der Waals surface area contributed by atoms with E-state index in [1.807, 2.05) is 23.4 Å². The van der Waals surface area contributed by atoms with Crippen molar-refractivity contribution in [3.05, 3.63) is 17.0 Å². The summed E-state index contributed by atoms with van der Waals surface area (Å²) in [6, 6.07) is 0.509. The molecule has 2 saturated heterocycles. The Hall–Kier alpha value is -1.36. The predicted octanol–water partition coefficient (Wildman–Crippen LogP) is 1.02. The maximum absolute atomic E-state index is 12.5. The minimum atomic E-state index is 0.201. The van der Waals surface area contributed by atoms with Crippen LogP contribution in [0.5, 0.6) is 0 Å². The lowest BCUT2D eigenvalue weighted by Gasteiger charge is -2.24. The van der Waals surface area contributed by atoms with Crippen LogP contribution in [0.3, 0.4) is 0 Å². The van der Waals surface area contributed by atoms with Crippen molar-refractivity contribution in [2.75, 3.05) is 19.6 Å². The van der Waals surface area contributed by atoms with Crippen LogP contribution < -0.4 is 5.32 Å². The van der Waals surface area contributed by atoms with Gasteiger partial charge in [-0.25, -0.2) is 0 Å². The van der Waals surface area contributed by atoms with Gasteiger partial charge in [0.15, 0.2) is 0 Å². The summed E-state index contributed by atoms with van der Waals surface area (Å²) in [5, 5.41) is 8.00. The number of nitrogens with zero attached hydrogens (tertiary/aromatic N) is 3. The van der Waals surface area contributed by atoms with Crippen LogP contribution in [0.4, 0.5) is 0 Å². The Morgan fingerprint density at radius 1 is 1.35 bits per heavy atom. The minimum Gasteiger partial charge on any atom is -0.339 e. The molecule has 5 heteroatoms. The summed E-state index contributed by atoms with van der Waals surface area (Å²) in [4.78, 5) is 14.5. The zero-order chi connectivity index (χ0) is 14.3. The first kappa shape index (κ1) is 13.6. The molecule has 110 valence electrons. The summed E-state index contributed by atoms with van der Waals surface area (Å²) in [5.74, 6) is 0.849. The molecule has 3 rings (SSSR count). The summed E-state index contributed by atoms with van der Waals surface area (Å²) in [5.41, 5.74) is 3.31. The van der Waals surface area contributed by atoms with Gasteiger partial charge < -0.3 is 10.2 Å². The molecule has 2 aliphatic heterocycles. The predicted molar refractivity (Wildman–Crippen MR) is 77.5 cm³/mol. The van der Waals surface area contributed by atoms with Gasteiger partial charge in [-0.05, 0) is 51.6 Å². The zero-order valence-corrected chi connectivity index (χ0v) is 12.6. The third-order valence-corrected chi connectivity index (χ3v) is 4.98. The number of hydrogen-bond donors (Lipinski definition) is 1. The largest absolute Gasteiger partial charge is 0.339 e. The van der Waals surface area contributed by atoms with Gasteiger partial charge in [0.05, 0.1) is 5.69 Å². The van der Waals surface area contributed by atoms with Crippen LogP contribution in [0.2, 0.25) is 0 Å². The molecule has 0 radical (unpaired) electrons. The molecular weight excluding hydrogens is 252 g/mol. The van der Waals surface area contributed by atoms with E-state index in [1.54, 1.807) is 0 Å². The molecule has 20 heavy (non-hydrogen) atoms. The Kier molecular flexibility index (Phi) is 3.54. The summed E-state index contributed by atoms with van der Waals surface area (Å²) in [7, 11) is 0. The van der Waals surface area contributed by atoms with Crippen LogP contribution in [-0.4, -0.2) is 46.3 Å². The number of carbonyl (C=O) groups is 1. The molecule has 0 saturated carbocycles. The Morgan fingerprint density at radius 2 is 2.15 bits per heavy atom. The molecule has 0 bridgehead atoms. The quantitative estimate of drug-likeness (QED) is 0.877. The number of aromatic nitrogens is 2. The van der Waals surface area contributed by atoms with E-state index < -0.39 is 0 Å². The van der Waals surface area contributed by atoms with Gasteiger partial charge in [0.1, 0.15) is 6.54 Å². The molecule has 2 aliphatic rings. The third-order valence-electron chi connectivity index (χ3n) is 4.98. The monoisotopic (exact) mass is 276 g/mol. The maximum atomic E-state index is 12.5. The van der Waals surface area contributed by atoms with Crippen molar-refractivity contribution >= 4 is 5.91 Å². The molecule has 0 unspecified atom stereocenters. The first-order valence-electron chi connectivity index (χ1n) is 7.58. The van der Waals surface area contributed by atoms with Crippen LogP contribution in [-0.2, 0) is 11.3 Å². The molecule has 1 N–H and O–H groups in total. The van der Waals surface area contributed by atoms with Crippen LogP contribution in [0, 0.1) is 26.7 Å². The van der Waals surface area contributed by atoms with E-state index in [0.29, 0.717) is 18.5 Å². The maximum Gasteiger partial charge on any atom is 0.244 e. The van der Waals surface area contributed by atoms with E-state index >= 15 is 0 Å². The van der Waals surface area contributed by atoms with Crippen molar-refractivity contribution in [2.45, 2.75) is 46.2 Å². The van der Waals surface area contributed by atoms with Gasteiger partial charge in [0.25, 0.3) is 0 Å². The second kappa shape index (κ2) is 5.20. The number of aryl methyl sites for hydroxylation is 1. The summed E-state index contributed by atoms with van der Waals surface area (Å²) >= 11 is 0. The molecule has 2 atom stereocenters. The lowest BCUT2D eigenvalue weighted by Crippen LogP contribution is -2.41. The fraction of sp³-hybridized carbons (Fsp3) is 0.733. The van der Waals surface area contributed by atoms with Gasteiger partial charge >= 0.3 is 0 Å². The smallest absolute Gasteiger partial charge is 0.244 e. The van der Waals surface area contributed by atoms with Crippen LogP contribution in [0.1, 0.15) is 29.8 Å². The summed E-state index contributed by atoms with van der Waals surface area (Å²) in [6.07, 6.45) is 2.49. The van der Waals surface area contributed by atoms with Gasteiger partial charge in [-0.2, -0.15) is 5.10 Å².